The monoisotopic (exact) mass is 216 g/mol. The molecule has 0 aliphatic heterocycles. The molecular weight excluding hydrogens is 208 g/mol. The first kappa shape index (κ1) is 8.81. The van der Waals surface area contributed by atoms with Crippen molar-refractivity contribution in [2.45, 2.75) is 6.92 Å². The average molecular weight is 217 g/mol. The van der Waals surface area contributed by atoms with Crippen LogP contribution in [-0.2, 0) is 0 Å². The summed E-state index contributed by atoms with van der Waals surface area (Å²) in [4.78, 5) is 0. The van der Waals surface area contributed by atoms with Gasteiger partial charge in [-0.25, -0.2) is 0 Å². The van der Waals surface area contributed by atoms with Crippen LogP contribution in [0.25, 0.3) is 21.9 Å². The number of rotatable bonds is 0. The third-order valence-corrected chi connectivity index (χ3v) is 2.83. The van der Waals surface area contributed by atoms with Crippen LogP contribution in [0.15, 0.2) is 40.8 Å². The number of aryl methyl sites for hydroxylation is 1. The van der Waals surface area contributed by atoms with Gasteiger partial charge >= 0.3 is 0 Å². The van der Waals surface area contributed by atoms with Crippen molar-refractivity contribution in [3.63, 3.8) is 0 Å². The second-order valence-electron chi connectivity index (χ2n) is 3.74. The molecule has 15 heavy (non-hydrogen) atoms. The lowest BCUT2D eigenvalue weighted by atomic mass is 10.1. The van der Waals surface area contributed by atoms with Crippen LogP contribution in [-0.4, -0.2) is 0 Å². The molecule has 0 saturated carbocycles. The summed E-state index contributed by atoms with van der Waals surface area (Å²) >= 11 is 5.92. The van der Waals surface area contributed by atoms with Crippen LogP contribution in [0.4, 0.5) is 0 Å². The highest BCUT2D eigenvalue weighted by atomic mass is 35.5. The Bertz CT molecular complexity index is 596. The minimum absolute atomic E-state index is 0.707. The Morgan fingerprint density at radius 1 is 0.933 bits per heavy atom. The maximum Gasteiger partial charge on any atom is 0.136 e. The molecule has 0 atom stereocenters. The van der Waals surface area contributed by atoms with Crippen LogP contribution in [0, 0.1) is 6.92 Å². The van der Waals surface area contributed by atoms with Crippen LogP contribution in [0.5, 0.6) is 0 Å². The van der Waals surface area contributed by atoms with Crippen LogP contribution < -0.4 is 0 Å². The molecule has 0 aliphatic carbocycles. The highest BCUT2D eigenvalue weighted by Gasteiger charge is 2.06. The van der Waals surface area contributed by atoms with Crippen molar-refractivity contribution in [3.8, 4) is 0 Å². The molecule has 0 saturated heterocycles. The number of hydrogen-bond donors (Lipinski definition) is 0. The Hall–Kier alpha value is -1.47. The first-order valence-corrected chi connectivity index (χ1v) is 5.20. The van der Waals surface area contributed by atoms with E-state index in [1.165, 1.54) is 5.56 Å². The maximum absolute atomic E-state index is 5.92. The molecule has 0 N–H and O–H groups in total. The zero-order chi connectivity index (χ0) is 10.4. The predicted octanol–water partition coefficient (Wildman–Crippen LogP) is 4.55. The quantitative estimate of drug-likeness (QED) is 0.537. The normalized spacial score (nSPS) is 11.3. The van der Waals surface area contributed by atoms with Crippen molar-refractivity contribution in [1.29, 1.82) is 0 Å². The van der Waals surface area contributed by atoms with E-state index < -0.39 is 0 Å². The van der Waals surface area contributed by atoms with Crippen molar-refractivity contribution < 1.29 is 4.42 Å². The molecule has 1 nitrogen and oxygen atoms in total. The van der Waals surface area contributed by atoms with Gasteiger partial charge in [0.05, 0.1) is 0 Å². The number of halogens is 1. The van der Waals surface area contributed by atoms with E-state index in [-0.39, 0.29) is 0 Å². The SMILES string of the molecule is Cc1ccc2c(c1)oc1cc(Cl)ccc12. The highest BCUT2D eigenvalue weighted by Crippen LogP contribution is 2.30. The number of furan rings is 1. The topological polar surface area (TPSA) is 13.1 Å². The summed E-state index contributed by atoms with van der Waals surface area (Å²) in [5, 5.41) is 2.97. The van der Waals surface area contributed by atoms with Gasteiger partial charge in [-0.2, -0.15) is 0 Å². The molecule has 0 unspecified atom stereocenters. The third kappa shape index (κ3) is 1.31. The Morgan fingerprint density at radius 2 is 1.60 bits per heavy atom. The Kier molecular flexibility index (Phi) is 1.77. The summed E-state index contributed by atoms with van der Waals surface area (Å²) in [5.41, 5.74) is 2.98. The van der Waals surface area contributed by atoms with Crippen LogP contribution in [0.1, 0.15) is 5.56 Å². The summed E-state index contributed by atoms with van der Waals surface area (Å²) in [6.07, 6.45) is 0. The first-order chi connectivity index (χ1) is 7.24. The number of benzene rings is 2. The van der Waals surface area contributed by atoms with E-state index in [4.69, 9.17) is 16.0 Å². The van der Waals surface area contributed by atoms with Gasteiger partial charge < -0.3 is 4.42 Å². The lowest BCUT2D eigenvalue weighted by molar-refractivity contribution is 0.668. The zero-order valence-corrected chi connectivity index (χ0v) is 9.01. The molecule has 0 fully saturated rings. The average Bonchev–Trinajstić information content (AvgIpc) is 2.53. The van der Waals surface area contributed by atoms with Crippen molar-refractivity contribution in [1.82, 2.24) is 0 Å². The van der Waals surface area contributed by atoms with E-state index in [2.05, 4.69) is 19.1 Å². The molecular formula is C13H9ClO. The van der Waals surface area contributed by atoms with Gasteiger partial charge in [0.1, 0.15) is 11.2 Å². The molecule has 0 radical (unpaired) electrons. The second-order valence-corrected chi connectivity index (χ2v) is 4.18. The second kappa shape index (κ2) is 3.01. The molecule has 0 spiro atoms. The summed E-state index contributed by atoms with van der Waals surface area (Å²) in [6.45, 7) is 2.06. The molecule has 2 heteroatoms. The lowest BCUT2D eigenvalue weighted by Crippen LogP contribution is -1.69. The van der Waals surface area contributed by atoms with E-state index in [9.17, 15) is 0 Å². The van der Waals surface area contributed by atoms with Crippen molar-refractivity contribution in [2.75, 3.05) is 0 Å². The van der Waals surface area contributed by atoms with Gasteiger partial charge in [0.2, 0.25) is 0 Å². The van der Waals surface area contributed by atoms with Crippen molar-refractivity contribution in [3.05, 3.63) is 47.0 Å². The zero-order valence-electron chi connectivity index (χ0n) is 8.25. The predicted molar refractivity (Wildman–Crippen MR) is 63.5 cm³/mol. The van der Waals surface area contributed by atoms with E-state index in [0.717, 1.165) is 21.9 Å². The Balaban J connectivity index is 2.51. The van der Waals surface area contributed by atoms with Crippen LogP contribution >= 0.6 is 11.6 Å². The van der Waals surface area contributed by atoms with E-state index in [1.54, 1.807) is 0 Å². The van der Waals surface area contributed by atoms with Gasteiger partial charge in [-0.05, 0) is 30.7 Å². The fourth-order valence-corrected chi connectivity index (χ4v) is 2.02. The Morgan fingerprint density at radius 3 is 2.40 bits per heavy atom. The van der Waals surface area contributed by atoms with Crippen molar-refractivity contribution in [2.24, 2.45) is 0 Å². The van der Waals surface area contributed by atoms with Crippen LogP contribution in [0.2, 0.25) is 5.02 Å². The van der Waals surface area contributed by atoms with Gasteiger partial charge in [0.15, 0.2) is 0 Å². The van der Waals surface area contributed by atoms with Crippen molar-refractivity contribution >= 4 is 33.5 Å². The lowest BCUT2D eigenvalue weighted by Gasteiger charge is -1.90. The summed E-state index contributed by atoms with van der Waals surface area (Å²) < 4.78 is 5.73. The first-order valence-electron chi connectivity index (χ1n) is 4.82. The number of hydrogen-bond acceptors (Lipinski definition) is 1. The molecule has 74 valence electrons. The molecule has 1 aromatic heterocycles. The summed E-state index contributed by atoms with van der Waals surface area (Å²) in [6, 6.07) is 12.0. The van der Waals surface area contributed by atoms with Crippen LogP contribution in [0.3, 0.4) is 0 Å². The molecule has 3 rings (SSSR count). The Labute approximate surface area is 92.3 Å². The van der Waals surface area contributed by atoms with Gasteiger partial charge in [-0.3, -0.25) is 0 Å². The molecule has 0 bridgehead atoms. The van der Waals surface area contributed by atoms with E-state index in [0.29, 0.717) is 5.02 Å². The fraction of sp³-hybridized carbons (Fsp3) is 0.0769. The van der Waals surface area contributed by atoms with Gasteiger partial charge in [0, 0.05) is 21.9 Å². The minimum atomic E-state index is 0.707. The largest absolute Gasteiger partial charge is 0.456 e. The standard InChI is InChI=1S/C13H9ClO/c1-8-2-4-10-11-5-3-9(14)7-13(11)15-12(10)6-8/h2-7H,1H3. The fourth-order valence-electron chi connectivity index (χ4n) is 1.86. The molecule has 2 aromatic carbocycles. The maximum atomic E-state index is 5.92. The smallest absolute Gasteiger partial charge is 0.136 e. The van der Waals surface area contributed by atoms with E-state index >= 15 is 0 Å². The molecule has 0 amide bonds. The third-order valence-electron chi connectivity index (χ3n) is 2.59. The summed E-state index contributed by atoms with van der Waals surface area (Å²) in [7, 11) is 0. The number of fused-ring (bicyclic) bond motifs is 3. The minimum Gasteiger partial charge on any atom is -0.456 e. The van der Waals surface area contributed by atoms with Gasteiger partial charge in [-0.1, -0.05) is 23.7 Å². The highest BCUT2D eigenvalue weighted by molar-refractivity contribution is 6.31. The molecule has 0 aliphatic rings. The molecule has 3 aromatic rings. The van der Waals surface area contributed by atoms with Gasteiger partial charge in [0.25, 0.3) is 0 Å². The molecule has 1 heterocycles. The summed E-state index contributed by atoms with van der Waals surface area (Å²) in [5.74, 6) is 0. The van der Waals surface area contributed by atoms with E-state index in [1.807, 2.05) is 24.3 Å². The van der Waals surface area contributed by atoms with Gasteiger partial charge in [-0.15, -0.1) is 0 Å².